The van der Waals surface area contributed by atoms with Gasteiger partial charge in [-0.2, -0.15) is 0 Å². The van der Waals surface area contributed by atoms with E-state index < -0.39 is 0 Å². The zero-order valence-corrected chi connectivity index (χ0v) is 8.90. The van der Waals surface area contributed by atoms with Gasteiger partial charge in [0.05, 0.1) is 12.5 Å². The molecule has 0 aliphatic rings. The Bertz CT molecular complexity index is 128. The van der Waals surface area contributed by atoms with Crippen LogP contribution >= 0.6 is 0 Å². The molecular weight excluding hydrogens is 162 g/mol. The molecule has 3 heteroatoms. The number of hydrogen-bond donors (Lipinski definition) is 3. The zero-order chi connectivity index (χ0) is 10.1. The van der Waals surface area contributed by atoms with Crippen molar-refractivity contribution in [3.63, 3.8) is 0 Å². The van der Waals surface area contributed by atoms with Gasteiger partial charge in [-0.1, -0.05) is 33.3 Å². The summed E-state index contributed by atoms with van der Waals surface area (Å²) in [7, 11) is 0. The molecule has 13 heavy (non-hydrogen) atoms. The first kappa shape index (κ1) is 12.3. The summed E-state index contributed by atoms with van der Waals surface area (Å²) in [5, 5.41) is 6.30. The predicted molar refractivity (Wildman–Crippen MR) is 58.1 cm³/mol. The Balaban J connectivity index is 3.71. The number of hydrogen-bond acceptors (Lipinski definition) is 3. The van der Waals surface area contributed by atoms with Gasteiger partial charge in [0, 0.05) is 6.04 Å². The molecule has 0 aromatic heterocycles. The Morgan fingerprint density at radius 1 is 1.31 bits per heavy atom. The lowest BCUT2D eigenvalue weighted by atomic mass is 10.1. The number of nitrogens with one attached hydrogen (secondary N) is 2. The monoisotopic (exact) mass is 185 g/mol. The van der Waals surface area contributed by atoms with Gasteiger partial charge in [0.1, 0.15) is 0 Å². The van der Waals surface area contributed by atoms with Crippen molar-refractivity contribution in [1.82, 2.24) is 10.6 Å². The van der Waals surface area contributed by atoms with Crippen LogP contribution in [0.4, 0.5) is 0 Å². The van der Waals surface area contributed by atoms with Crippen molar-refractivity contribution in [1.29, 1.82) is 0 Å². The van der Waals surface area contributed by atoms with Gasteiger partial charge < -0.3 is 16.4 Å². The lowest BCUT2D eigenvalue weighted by Gasteiger charge is -2.20. The summed E-state index contributed by atoms with van der Waals surface area (Å²) in [6.07, 6.45) is 4.79. The summed E-state index contributed by atoms with van der Waals surface area (Å²) in [4.78, 5) is 0. The van der Waals surface area contributed by atoms with Crippen LogP contribution in [0.2, 0.25) is 0 Å². The van der Waals surface area contributed by atoms with E-state index in [0.29, 0.717) is 12.7 Å². The maximum atomic E-state index is 5.34. The van der Waals surface area contributed by atoms with Crippen molar-refractivity contribution in [2.45, 2.75) is 45.6 Å². The van der Waals surface area contributed by atoms with E-state index in [9.17, 15) is 0 Å². The van der Waals surface area contributed by atoms with Crippen LogP contribution in [-0.4, -0.2) is 12.7 Å². The molecule has 0 saturated carbocycles. The lowest BCUT2D eigenvalue weighted by molar-refractivity contribution is 0.467. The van der Waals surface area contributed by atoms with Gasteiger partial charge in [-0.25, -0.2) is 0 Å². The Kier molecular flexibility index (Phi) is 7.50. The first-order chi connectivity index (χ1) is 6.24. The summed E-state index contributed by atoms with van der Waals surface area (Å²) in [6, 6.07) is 0.543. The van der Waals surface area contributed by atoms with Crippen LogP contribution in [0.15, 0.2) is 12.4 Å². The first-order valence-corrected chi connectivity index (χ1v) is 5.13. The van der Waals surface area contributed by atoms with Crippen molar-refractivity contribution in [2.75, 3.05) is 6.67 Å². The molecule has 0 atom stereocenters. The molecule has 0 bridgehead atoms. The SMILES string of the molecule is C=C(NCN)NC(CCC)CCC. The topological polar surface area (TPSA) is 50.1 Å². The maximum Gasteiger partial charge on any atom is 0.0924 e. The Morgan fingerprint density at radius 3 is 2.23 bits per heavy atom. The standard InChI is InChI=1S/C10H23N3/c1-4-6-10(7-5-2)13-9(3)12-8-11/h10,12-13H,3-8,11H2,1-2H3. The van der Waals surface area contributed by atoms with Crippen LogP contribution in [-0.2, 0) is 0 Å². The highest BCUT2D eigenvalue weighted by Crippen LogP contribution is 2.05. The Morgan fingerprint density at radius 2 is 1.85 bits per heavy atom. The average Bonchev–Trinajstić information content (AvgIpc) is 2.05. The van der Waals surface area contributed by atoms with E-state index in [0.717, 1.165) is 5.82 Å². The van der Waals surface area contributed by atoms with E-state index in [1.165, 1.54) is 25.7 Å². The molecular formula is C10H23N3. The summed E-state index contributed by atoms with van der Waals surface area (Å²) < 4.78 is 0. The molecule has 0 unspecified atom stereocenters. The molecule has 0 radical (unpaired) electrons. The first-order valence-electron chi connectivity index (χ1n) is 5.13. The van der Waals surface area contributed by atoms with Gasteiger partial charge in [-0.05, 0) is 12.8 Å². The van der Waals surface area contributed by atoms with Crippen LogP contribution in [0.3, 0.4) is 0 Å². The highest BCUT2D eigenvalue weighted by atomic mass is 15.1. The molecule has 0 rings (SSSR count). The second-order valence-electron chi connectivity index (χ2n) is 3.28. The van der Waals surface area contributed by atoms with Crippen LogP contribution < -0.4 is 16.4 Å². The minimum atomic E-state index is 0.441. The highest BCUT2D eigenvalue weighted by Gasteiger charge is 2.05. The predicted octanol–water partition coefficient (Wildman–Crippen LogP) is 1.52. The van der Waals surface area contributed by atoms with E-state index >= 15 is 0 Å². The molecule has 0 aromatic carbocycles. The fourth-order valence-corrected chi connectivity index (χ4v) is 1.41. The van der Waals surface area contributed by atoms with Gasteiger partial charge in [0.2, 0.25) is 0 Å². The fraction of sp³-hybridized carbons (Fsp3) is 0.800. The fourth-order valence-electron chi connectivity index (χ4n) is 1.41. The van der Waals surface area contributed by atoms with E-state index in [1.807, 2.05) is 0 Å². The van der Waals surface area contributed by atoms with Gasteiger partial charge in [0.15, 0.2) is 0 Å². The Hall–Kier alpha value is -0.700. The van der Waals surface area contributed by atoms with Gasteiger partial charge in [-0.3, -0.25) is 0 Å². The van der Waals surface area contributed by atoms with E-state index in [-0.39, 0.29) is 0 Å². The van der Waals surface area contributed by atoms with Crippen molar-refractivity contribution >= 4 is 0 Å². The number of rotatable bonds is 8. The molecule has 78 valence electrons. The van der Waals surface area contributed by atoms with Crippen LogP contribution in [0, 0.1) is 0 Å². The second-order valence-corrected chi connectivity index (χ2v) is 3.28. The molecule has 0 amide bonds. The van der Waals surface area contributed by atoms with E-state index in [2.05, 4.69) is 31.1 Å². The van der Waals surface area contributed by atoms with Crippen LogP contribution in [0.1, 0.15) is 39.5 Å². The second kappa shape index (κ2) is 7.92. The van der Waals surface area contributed by atoms with Crippen molar-refractivity contribution in [2.24, 2.45) is 5.73 Å². The largest absolute Gasteiger partial charge is 0.370 e. The third kappa shape index (κ3) is 6.46. The lowest BCUT2D eigenvalue weighted by Crippen LogP contribution is -2.36. The number of nitrogens with two attached hydrogens (primary N) is 1. The van der Waals surface area contributed by atoms with Crippen molar-refractivity contribution in [3.05, 3.63) is 12.4 Å². The van der Waals surface area contributed by atoms with Gasteiger partial charge in [-0.15, -0.1) is 0 Å². The van der Waals surface area contributed by atoms with Crippen molar-refractivity contribution < 1.29 is 0 Å². The molecule has 0 heterocycles. The smallest absolute Gasteiger partial charge is 0.0924 e. The van der Waals surface area contributed by atoms with Crippen molar-refractivity contribution in [3.8, 4) is 0 Å². The maximum absolute atomic E-state index is 5.34. The summed E-state index contributed by atoms with van der Waals surface area (Å²) in [5.41, 5.74) is 5.34. The zero-order valence-electron chi connectivity index (χ0n) is 8.90. The van der Waals surface area contributed by atoms with Gasteiger partial charge >= 0.3 is 0 Å². The molecule has 0 aliphatic carbocycles. The average molecular weight is 185 g/mol. The molecule has 3 nitrogen and oxygen atoms in total. The normalized spacial score (nSPS) is 10.2. The molecule has 0 spiro atoms. The third-order valence-electron chi connectivity index (χ3n) is 1.97. The minimum absolute atomic E-state index is 0.441. The van der Waals surface area contributed by atoms with Crippen LogP contribution in [0.25, 0.3) is 0 Å². The quantitative estimate of drug-likeness (QED) is 0.503. The molecule has 0 aliphatic heterocycles. The third-order valence-corrected chi connectivity index (χ3v) is 1.97. The summed E-state index contributed by atoms with van der Waals surface area (Å²) >= 11 is 0. The molecule has 4 N–H and O–H groups in total. The Labute approximate surface area is 81.8 Å². The van der Waals surface area contributed by atoms with Crippen LogP contribution in [0.5, 0.6) is 0 Å². The summed E-state index contributed by atoms with van der Waals surface area (Å²) in [6.45, 7) is 8.68. The molecule has 0 fully saturated rings. The minimum Gasteiger partial charge on any atom is -0.370 e. The van der Waals surface area contributed by atoms with Gasteiger partial charge in [0.25, 0.3) is 0 Å². The van der Waals surface area contributed by atoms with E-state index in [4.69, 9.17) is 5.73 Å². The highest BCUT2D eigenvalue weighted by molar-refractivity contribution is 4.90. The van der Waals surface area contributed by atoms with E-state index in [1.54, 1.807) is 0 Å². The molecule has 0 aromatic rings. The summed E-state index contributed by atoms with van der Waals surface area (Å²) in [5.74, 6) is 0.842. The molecule has 0 saturated heterocycles.